The van der Waals surface area contributed by atoms with Crippen LogP contribution in [0.25, 0.3) is 22.2 Å². The van der Waals surface area contributed by atoms with Gasteiger partial charge in [0.05, 0.1) is 23.5 Å². The SMILES string of the molecule is COc1ccc2c(c1)[C@@H]1C[C@]1(C(=O)N1CCCN(C(=O)OC(C)(C)C)CC1)Cn1c-2c(C2CCCCC2)c2ccc(C(=O)NS(=O)(=O)C3CC3)cc21. The Bertz CT molecular complexity index is 2060. The number of carbonyl (C=O) groups is 3. The van der Waals surface area contributed by atoms with Crippen LogP contribution in [0, 0.1) is 5.41 Å². The van der Waals surface area contributed by atoms with Crippen molar-refractivity contribution in [2.75, 3.05) is 33.3 Å². The van der Waals surface area contributed by atoms with Gasteiger partial charge in [-0.25, -0.2) is 17.9 Å². The molecule has 2 atom stereocenters. The number of methoxy groups -OCH3 is 1. The highest BCUT2D eigenvalue weighted by Gasteiger charge is 2.64. The van der Waals surface area contributed by atoms with E-state index in [4.69, 9.17) is 9.47 Å². The van der Waals surface area contributed by atoms with E-state index in [1.54, 1.807) is 18.1 Å². The molecule has 3 aromatic rings. The maximum Gasteiger partial charge on any atom is 0.410 e. The Hall–Kier alpha value is -4.06. The van der Waals surface area contributed by atoms with Crippen molar-refractivity contribution in [2.45, 2.75) is 108 Å². The lowest BCUT2D eigenvalue weighted by atomic mass is 9.81. The van der Waals surface area contributed by atoms with Crippen LogP contribution < -0.4 is 9.46 Å². The number of benzene rings is 2. The molecular weight excluding hydrogens is 681 g/mol. The molecule has 52 heavy (non-hydrogen) atoms. The summed E-state index contributed by atoms with van der Waals surface area (Å²) >= 11 is 0. The van der Waals surface area contributed by atoms with Crippen LogP contribution in [-0.4, -0.2) is 84.8 Å². The van der Waals surface area contributed by atoms with E-state index in [2.05, 4.69) is 21.4 Å². The van der Waals surface area contributed by atoms with Crippen LogP contribution >= 0.6 is 0 Å². The fourth-order valence-electron chi connectivity index (χ4n) is 9.02. The maximum absolute atomic E-state index is 15.0. The average molecular weight is 731 g/mol. The monoisotopic (exact) mass is 730 g/mol. The normalized spacial score (nSPS) is 23.5. The van der Waals surface area contributed by atoms with Crippen LogP contribution in [0.4, 0.5) is 4.79 Å². The minimum Gasteiger partial charge on any atom is -0.497 e. The molecule has 278 valence electrons. The summed E-state index contributed by atoms with van der Waals surface area (Å²) < 4.78 is 41.5. The topological polar surface area (TPSA) is 127 Å². The van der Waals surface area contributed by atoms with Crippen molar-refractivity contribution in [1.82, 2.24) is 19.1 Å². The Labute approximate surface area is 306 Å². The molecule has 0 bridgehead atoms. The van der Waals surface area contributed by atoms with Crippen LogP contribution in [-0.2, 0) is 26.1 Å². The predicted molar refractivity (Wildman–Crippen MR) is 198 cm³/mol. The number of fused-ring (bicyclic) bond motifs is 7. The highest BCUT2D eigenvalue weighted by atomic mass is 32.2. The first-order valence-electron chi connectivity index (χ1n) is 19.0. The van der Waals surface area contributed by atoms with E-state index in [0.717, 1.165) is 59.2 Å². The number of amides is 3. The molecule has 2 aromatic carbocycles. The quantitative estimate of drug-likeness (QED) is 0.305. The molecule has 8 rings (SSSR count). The molecule has 3 saturated carbocycles. The molecule has 3 heterocycles. The third kappa shape index (κ3) is 6.24. The third-order valence-electron chi connectivity index (χ3n) is 11.8. The summed E-state index contributed by atoms with van der Waals surface area (Å²) in [6.07, 6.45) is 7.73. The van der Waals surface area contributed by atoms with E-state index >= 15 is 0 Å². The van der Waals surface area contributed by atoms with Crippen LogP contribution in [0.3, 0.4) is 0 Å². The number of carbonyl (C=O) groups excluding carboxylic acids is 3. The van der Waals surface area contributed by atoms with Crippen molar-refractivity contribution in [2.24, 2.45) is 5.41 Å². The molecule has 3 aliphatic carbocycles. The Kier molecular flexibility index (Phi) is 8.62. The van der Waals surface area contributed by atoms with Crippen LogP contribution in [0.2, 0.25) is 0 Å². The fourth-order valence-corrected chi connectivity index (χ4v) is 10.3. The van der Waals surface area contributed by atoms with Gasteiger partial charge in [-0.3, -0.25) is 9.59 Å². The van der Waals surface area contributed by atoms with Crippen molar-refractivity contribution in [3.8, 4) is 17.0 Å². The first kappa shape index (κ1) is 35.0. The standard InChI is InChI=1S/C40H50N4O7S/c1-39(2,3)51-38(47)43-18-8-17-42(19-20-43)37(46)40-23-32(40)31-22-27(50-4)12-16-29(31)35-34(25-9-6-5-7-10-25)30-15-11-26(21-33(30)44(35)24-40)36(45)41-52(48,49)28-13-14-28/h11-12,15-16,21-22,25,28,32H,5-10,13-14,17-20,23-24H2,1-4H3,(H,41,45)/t32-,40-/m0/s1. The molecule has 0 unspecified atom stereocenters. The van der Waals surface area contributed by atoms with E-state index in [0.29, 0.717) is 64.3 Å². The lowest BCUT2D eigenvalue weighted by Crippen LogP contribution is -2.43. The molecule has 12 heteroatoms. The number of hydrogen-bond donors (Lipinski definition) is 1. The minimum absolute atomic E-state index is 0.0281. The predicted octanol–water partition coefficient (Wildman–Crippen LogP) is 6.54. The van der Waals surface area contributed by atoms with Gasteiger partial charge in [0, 0.05) is 60.7 Å². The Morgan fingerprint density at radius 2 is 1.62 bits per heavy atom. The Morgan fingerprint density at radius 3 is 2.33 bits per heavy atom. The van der Waals surface area contributed by atoms with Gasteiger partial charge in [-0.2, -0.15) is 0 Å². The van der Waals surface area contributed by atoms with E-state index in [1.165, 1.54) is 12.0 Å². The number of rotatable bonds is 6. The summed E-state index contributed by atoms with van der Waals surface area (Å²) in [5, 5.41) is 0.541. The van der Waals surface area contributed by atoms with Crippen LogP contribution in [0.1, 0.15) is 112 Å². The van der Waals surface area contributed by atoms with Crippen molar-refractivity contribution < 1.29 is 32.3 Å². The molecule has 1 aromatic heterocycles. The molecule has 1 saturated heterocycles. The highest BCUT2D eigenvalue weighted by molar-refractivity contribution is 7.91. The summed E-state index contributed by atoms with van der Waals surface area (Å²) in [6.45, 7) is 7.89. The van der Waals surface area contributed by atoms with Gasteiger partial charge in [0.2, 0.25) is 15.9 Å². The van der Waals surface area contributed by atoms with Crippen LogP contribution in [0.15, 0.2) is 36.4 Å². The van der Waals surface area contributed by atoms with Crippen molar-refractivity contribution in [3.63, 3.8) is 0 Å². The first-order chi connectivity index (χ1) is 24.8. The maximum atomic E-state index is 15.0. The zero-order valence-corrected chi connectivity index (χ0v) is 31.5. The molecule has 1 N–H and O–H groups in total. The van der Waals surface area contributed by atoms with Gasteiger partial charge in [-0.15, -0.1) is 0 Å². The third-order valence-corrected chi connectivity index (χ3v) is 13.7. The molecular formula is C40H50N4O7S. The lowest BCUT2D eigenvalue weighted by molar-refractivity contribution is -0.137. The largest absolute Gasteiger partial charge is 0.497 e. The Morgan fingerprint density at radius 1 is 0.885 bits per heavy atom. The molecule has 11 nitrogen and oxygen atoms in total. The van der Waals surface area contributed by atoms with E-state index < -0.39 is 32.2 Å². The number of nitrogens with zero attached hydrogens (tertiary/aromatic N) is 3. The second-order valence-electron chi connectivity index (χ2n) is 16.6. The first-order valence-corrected chi connectivity index (χ1v) is 20.5. The van der Waals surface area contributed by atoms with E-state index in [1.807, 2.05) is 43.9 Å². The summed E-state index contributed by atoms with van der Waals surface area (Å²) in [7, 11) is -2.06. The van der Waals surface area contributed by atoms with Gasteiger partial charge in [-0.1, -0.05) is 25.3 Å². The minimum atomic E-state index is -3.73. The smallest absolute Gasteiger partial charge is 0.410 e. The van der Waals surface area contributed by atoms with Crippen molar-refractivity contribution in [3.05, 3.63) is 53.1 Å². The molecule has 3 amide bonds. The molecule has 0 spiro atoms. The molecule has 4 fully saturated rings. The van der Waals surface area contributed by atoms with Gasteiger partial charge in [0.1, 0.15) is 11.4 Å². The zero-order valence-electron chi connectivity index (χ0n) is 30.7. The Balaban J connectivity index is 1.22. The van der Waals surface area contributed by atoms with Crippen LogP contribution in [0.5, 0.6) is 5.75 Å². The van der Waals surface area contributed by atoms with Gasteiger partial charge in [-0.05, 0) is 107 Å². The van der Waals surface area contributed by atoms with Crippen molar-refractivity contribution >= 4 is 38.8 Å². The number of aromatic nitrogens is 1. The highest BCUT2D eigenvalue weighted by Crippen LogP contribution is 2.66. The van der Waals surface area contributed by atoms with E-state index in [9.17, 15) is 22.8 Å². The summed E-state index contributed by atoms with van der Waals surface area (Å²) in [5.74, 6) is 0.490. The van der Waals surface area contributed by atoms with Gasteiger partial charge >= 0.3 is 6.09 Å². The zero-order chi connectivity index (χ0) is 36.6. The second-order valence-corrected chi connectivity index (χ2v) is 18.5. The van der Waals surface area contributed by atoms with Gasteiger partial charge in [0.25, 0.3) is 5.91 Å². The summed E-state index contributed by atoms with van der Waals surface area (Å²) in [4.78, 5) is 45.0. The lowest BCUT2D eigenvalue weighted by Gasteiger charge is -2.28. The molecule has 2 aliphatic heterocycles. The molecule has 5 aliphatic rings. The number of ether oxygens (including phenoxy) is 2. The number of nitrogens with one attached hydrogen (secondary N) is 1. The summed E-state index contributed by atoms with van der Waals surface area (Å²) in [5.41, 5.74) is 4.34. The van der Waals surface area contributed by atoms with Crippen molar-refractivity contribution in [1.29, 1.82) is 0 Å². The number of hydrogen-bond acceptors (Lipinski definition) is 7. The second kappa shape index (κ2) is 12.8. The summed E-state index contributed by atoms with van der Waals surface area (Å²) in [6, 6.07) is 11.8. The van der Waals surface area contributed by atoms with Gasteiger partial charge in [0.15, 0.2) is 0 Å². The number of sulfonamides is 1. The average Bonchev–Trinajstić information content (AvgIpc) is 4.03. The van der Waals surface area contributed by atoms with Gasteiger partial charge < -0.3 is 23.8 Å². The fraction of sp³-hybridized carbons (Fsp3) is 0.575. The molecule has 0 radical (unpaired) electrons. The van der Waals surface area contributed by atoms with E-state index in [-0.39, 0.29) is 23.5 Å².